The summed E-state index contributed by atoms with van der Waals surface area (Å²) >= 11 is 10.4. The largest absolute Gasteiger partial charge is 0.192 e. The van der Waals surface area contributed by atoms with Crippen molar-refractivity contribution in [1.82, 2.24) is 0 Å². The average molecular weight is 269 g/mol. The third kappa shape index (κ3) is 2.45. The average Bonchev–Trinajstić information content (AvgIpc) is 2.91. The summed E-state index contributed by atoms with van der Waals surface area (Å²) in [7, 11) is 0. The molecule has 0 atom stereocenters. The van der Waals surface area contributed by atoms with Crippen LogP contribution in [0.2, 0.25) is 0 Å². The molecule has 0 spiro atoms. The number of rotatable bonds is 2. The van der Waals surface area contributed by atoms with E-state index in [0.29, 0.717) is 10.4 Å². The van der Waals surface area contributed by atoms with Crippen molar-refractivity contribution >= 4 is 51.9 Å². The van der Waals surface area contributed by atoms with E-state index in [0.717, 1.165) is 20.6 Å². The molecule has 0 radical (unpaired) electrons. The molecule has 1 saturated heterocycles. The maximum absolute atomic E-state index is 9.14. The van der Waals surface area contributed by atoms with Gasteiger partial charge in [0.1, 0.15) is 6.07 Å². The molecule has 1 aromatic heterocycles. The predicted octanol–water partition coefficient (Wildman–Crippen LogP) is 3.68. The molecule has 2 rings (SSSR count). The number of hydrogen-bond acceptors (Lipinski definition) is 5. The quantitative estimate of drug-likeness (QED) is 0.354. The Bertz CT molecular complexity index is 430. The number of nitriles is 1. The Balaban J connectivity index is 2.33. The molecule has 2 heterocycles. The summed E-state index contributed by atoms with van der Waals surface area (Å²) in [5, 5.41) is 11.1. The van der Waals surface area contributed by atoms with Crippen LogP contribution in [0.1, 0.15) is 4.88 Å². The van der Waals surface area contributed by atoms with Gasteiger partial charge in [0.05, 0.1) is 14.7 Å². The second-order valence-electron chi connectivity index (χ2n) is 2.78. The van der Waals surface area contributed by atoms with Crippen LogP contribution in [0.5, 0.6) is 0 Å². The fraction of sp³-hybridized carbons (Fsp3) is 0.200. The summed E-state index contributed by atoms with van der Waals surface area (Å²) in [4.78, 5) is 1.71. The maximum Gasteiger partial charge on any atom is 0.102 e. The van der Waals surface area contributed by atoms with E-state index in [1.54, 1.807) is 34.9 Å². The molecule has 1 fully saturated rings. The molecule has 1 nitrogen and oxygen atoms in total. The van der Waals surface area contributed by atoms with Crippen molar-refractivity contribution < 1.29 is 0 Å². The van der Waals surface area contributed by atoms with Crippen LogP contribution in [0.3, 0.4) is 0 Å². The first kappa shape index (κ1) is 11.2. The molecule has 5 heteroatoms. The maximum atomic E-state index is 9.14. The van der Waals surface area contributed by atoms with Gasteiger partial charge in [0, 0.05) is 16.4 Å². The Morgan fingerprint density at radius 2 is 2.13 bits per heavy atom. The number of nitrogens with zero attached hydrogens (tertiary/aromatic N) is 1. The van der Waals surface area contributed by atoms with E-state index in [9.17, 15) is 0 Å². The van der Waals surface area contributed by atoms with Crippen molar-refractivity contribution in [1.29, 1.82) is 5.26 Å². The lowest BCUT2D eigenvalue weighted by molar-refractivity contribution is 1.52. The highest BCUT2D eigenvalue weighted by Crippen LogP contribution is 2.39. The molecule has 0 amide bonds. The minimum Gasteiger partial charge on any atom is -0.192 e. The van der Waals surface area contributed by atoms with E-state index >= 15 is 0 Å². The second kappa shape index (κ2) is 5.17. The molecule has 0 aliphatic carbocycles. The summed E-state index contributed by atoms with van der Waals surface area (Å²) in [5.41, 5.74) is 0.681. The summed E-state index contributed by atoms with van der Waals surface area (Å²) < 4.78 is 1.09. The van der Waals surface area contributed by atoms with Crippen molar-refractivity contribution in [2.75, 3.05) is 11.5 Å². The number of hydrogen-bond donors (Lipinski definition) is 0. The fourth-order valence-corrected chi connectivity index (χ4v) is 4.79. The van der Waals surface area contributed by atoms with E-state index in [-0.39, 0.29) is 0 Å². The zero-order valence-corrected chi connectivity index (χ0v) is 11.0. The molecule has 0 aromatic carbocycles. The van der Waals surface area contributed by atoms with Crippen LogP contribution in [-0.4, -0.2) is 16.4 Å². The van der Waals surface area contributed by atoms with Crippen LogP contribution < -0.4 is 0 Å². The predicted molar refractivity (Wildman–Crippen MR) is 73.6 cm³/mol. The first-order valence-electron chi connectivity index (χ1n) is 4.31. The highest BCUT2D eigenvalue weighted by molar-refractivity contribution is 8.25. The standard InChI is InChI=1S/C10H7NS4/c11-6-7(10-14-4-5-15-10)9(12)8-2-1-3-13-8/h1-3H,4-5H2. The van der Waals surface area contributed by atoms with Gasteiger partial charge in [-0.05, 0) is 11.4 Å². The Hall–Kier alpha value is -0.280. The van der Waals surface area contributed by atoms with Crippen molar-refractivity contribution in [2.45, 2.75) is 0 Å². The van der Waals surface area contributed by atoms with Gasteiger partial charge in [-0.2, -0.15) is 5.26 Å². The molecule has 0 N–H and O–H groups in total. The molecule has 0 bridgehead atoms. The number of thiophene rings is 1. The smallest absolute Gasteiger partial charge is 0.102 e. The van der Waals surface area contributed by atoms with Gasteiger partial charge in [0.2, 0.25) is 0 Å². The highest BCUT2D eigenvalue weighted by Gasteiger charge is 2.18. The van der Waals surface area contributed by atoms with Gasteiger partial charge in [-0.1, -0.05) is 18.3 Å². The fourth-order valence-electron chi connectivity index (χ4n) is 1.17. The van der Waals surface area contributed by atoms with Gasteiger partial charge in [0.25, 0.3) is 0 Å². The molecule has 0 saturated carbocycles. The molecule has 0 unspecified atom stereocenters. The zero-order chi connectivity index (χ0) is 10.7. The van der Waals surface area contributed by atoms with Gasteiger partial charge in [-0.3, -0.25) is 0 Å². The summed E-state index contributed by atoms with van der Waals surface area (Å²) in [6.45, 7) is 0. The van der Waals surface area contributed by atoms with Crippen LogP contribution >= 0.6 is 47.1 Å². The summed E-state index contributed by atoms with van der Waals surface area (Å²) in [5.74, 6) is 2.16. The van der Waals surface area contributed by atoms with Crippen molar-refractivity contribution in [3.05, 3.63) is 32.2 Å². The summed E-state index contributed by atoms with van der Waals surface area (Å²) in [6.07, 6.45) is 0. The lowest BCUT2D eigenvalue weighted by atomic mass is 10.2. The molecule has 1 aliphatic rings. The first-order chi connectivity index (χ1) is 7.33. The highest BCUT2D eigenvalue weighted by atomic mass is 32.2. The Morgan fingerprint density at radius 1 is 1.40 bits per heavy atom. The Morgan fingerprint density at radius 3 is 2.67 bits per heavy atom. The van der Waals surface area contributed by atoms with E-state index in [1.165, 1.54) is 0 Å². The second-order valence-corrected chi connectivity index (χ2v) is 6.60. The molecule has 15 heavy (non-hydrogen) atoms. The van der Waals surface area contributed by atoms with Gasteiger partial charge in [0.15, 0.2) is 0 Å². The minimum atomic E-state index is 0.681. The third-order valence-electron chi connectivity index (χ3n) is 1.84. The van der Waals surface area contributed by atoms with Gasteiger partial charge in [-0.25, -0.2) is 0 Å². The first-order valence-corrected chi connectivity index (χ1v) is 7.57. The normalized spacial score (nSPS) is 15.0. The monoisotopic (exact) mass is 269 g/mol. The molecular weight excluding hydrogens is 262 g/mol. The van der Waals surface area contributed by atoms with Crippen LogP contribution in [0.25, 0.3) is 0 Å². The molecule has 1 aromatic rings. The third-order valence-corrected chi connectivity index (χ3v) is 5.99. The molecule has 76 valence electrons. The summed E-state index contributed by atoms with van der Waals surface area (Å²) in [6, 6.07) is 6.16. The van der Waals surface area contributed by atoms with Crippen molar-refractivity contribution in [3.63, 3.8) is 0 Å². The molecular formula is C10H7NS4. The lowest BCUT2D eigenvalue weighted by Crippen LogP contribution is -1.98. The van der Waals surface area contributed by atoms with Crippen molar-refractivity contribution in [3.8, 4) is 6.07 Å². The van der Waals surface area contributed by atoms with E-state index in [1.807, 2.05) is 17.5 Å². The number of allylic oxidation sites excluding steroid dienone is 1. The van der Waals surface area contributed by atoms with E-state index < -0.39 is 0 Å². The lowest BCUT2D eigenvalue weighted by Gasteiger charge is -2.01. The van der Waals surface area contributed by atoms with Crippen molar-refractivity contribution in [2.24, 2.45) is 0 Å². The minimum absolute atomic E-state index is 0.681. The van der Waals surface area contributed by atoms with Crippen LogP contribution in [0, 0.1) is 11.3 Å². The Kier molecular flexibility index (Phi) is 3.87. The van der Waals surface area contributed by atoms with Gasteiger partial charge in [-0.15, -0.1) is 34.9 Å². The van der Waals surface area contributed by atoms with E-state index in [4.69, 9.17) is 17.5 Å². The van der Waals surface area contributed by atoms with Gasteiger partial charge < -0.3 is 0 Å². The topological polar surface area (TPSA) is 23.8 Å². The number of thiocarbonyl (C=S) groups is 1. The zero-order valence-electron chi connectivity index (χ0n) is 7.73. The van der Waals surface area contributed by atoms with Crippen LogP contribution in [0.15, 0.2) is 27.3 Å². The Labute approximate surface area is 107 Å². The van der Waals surface area contributed by atoms with Crippen LogP contribution in [0.4, 0.5) is 0 Å². The SMILES string of the molecule is N#CC(C(=S)c1cccs1)=C1SCCS1. The number of thioether (sulfide) groups is 2. The van der Waals surface area contributed by atoms with Gasteiger partial charge >= 0.3 is 0 Å². The van der Waals surface area contributed by atoms with Crippen LogP contribution in [-0.2, 0) is 0 Å². The molecule has 1 aliphatic heterocycles. The van der Waals surface area contributed by atoms with E-state index in [2.05, 4.69) is 6.07 Å².